The summed E-state index contributed by atoms with van der Waals surface area (Å²) in [6, 6.07) is 8.37. The normalized spacial score (nSPS) is 20.8. The molecule has 1 aliphatic heterocycles. The molecule has 1 N–H and O–H groups in total. The third kappa shape index (κ3) is 5.56. The van der Waals surface area contributed by atoms with Crippen molar-refractivity contribution in [2.24, 2.45) is 5.41 Å². The van der Waals surface area contributed by atoms with E-state index in [1.54, 1.807) is 10.9 Å². The van der Waals surface area contributed by atoms with Gasteiger partial charge in [0.2, 0.25) is 11.9 Å². The summed E-state index contributed by atoms with van der Waals surface area (Å²) in [5.41, 5.74) is 3.05. The molecule has 0 bridgehead atoms. The van der Waals surface area contributed by atoms with Gasteiger partial charge < -0.3 is 15.0 Å². The van der Waals surface area contributed by atoms with E-state index in [-0.39, 0.29) is 11.9 Å². The van der Waals surface area contributed by atoms with Crippen molar-refractivity contribution >= 4 is 50.2 Å². The average molecular weight is 637 g/mol. The van der Waals surface area contributed by atoms with Gasteiger partial charge in [-0.25, -0.2) is 9.67 Å². The van der Waals surface area contributed by atoms with E-state index >= 15 is 0 Å². The molecule has 0 unspecified atom stereocenters. The molecule has 2 aliphatic rings. The van der Waals surface area contributed by atoms with Gasteiger partial charge in [-0.2, -0.15) is 15.3 Å². The number of nitrogens with zero attached hydrogens (tertiary/aromatic N) is 8. The molecule has 2 fully saturated rings. The highest BCUT2D eigenvalue weighted by atomic mass is 79.9. The molecule has 4 aromatic rings. The van der Waals surface area contributed by atoms with Gasteiger partial charge in [0.15, 0.2) is 5.65 Å². The molecule has 3 aromatic heterocycles. The summed E-state index contributed by atoms with van der Waals surface area (Å²) in [4.78, 5) is 24.6. The number of amides is 1. The number of aryl methyl sites for hydroxylation is 2. The van der Waals surface area contributed by atoms with Crippen LogP contribution in [0, 0.1) is 23.7 Å². The lowest BCUT2D eigenvalue weighted by Crippen LogP contribution is -2.47. The number of hydrogen-bond acceptors (Lipinski definition) is 10. The predicted octanol–water partition coefficient (Wildman–Crippen LogP) is 4.69. The first-order valence-corrected chi connectivity index (χ1v) is 15.3. The van der Waals surface area contributed by atoms with Gasteiger partial charge in [0.25, 0.3) is 0 Å². The lowest BCUT2D eigenvalue weighted by Gasteiger charge is -2.34. The Hall–Kier alpha value is -3.47. The monoisotopic (exact) mass is 635 g/mol. The van der Waals surface area contributed by atoms with Gasteiger partial charge in [0.1, 0.15) is 14.6 Å². The van der Waals surface area contributed by atoms with E-state index < -0.39 is 5.41 Å². The first-order valence-electron chi connectivity index (χ1n) is 13.7. The van der Waals surface area contributed by atoms with Crippen LogP contribution in [0.1, 0.15) is 43.2 Å². The van der Waals surface area contributed by atoms with Gasteiger partial charge in [-0.1, -0.05) is 18.3 Å². The first kappa shape index (κ1) is 27.7. The van der Waals surface area contributed by atoms with Gasteiger partial charge >= 0.3 is 0 Å². The summed E-state index contributed by atoms with van der Waals surface area (Å²) in [6.45, 7) is 6.52. The zero-order valence-corrected chi connectivity index (χ0v) is 25.3. The Bertz CT molecular complexity index is 1640. The van der Waals surface area contributed by atoms with Crippen LogP contribution in [0.15, 0.2) is 29.0 Å². The number of carbonyl (C=O) groups excluding carboxylic acids is 1. The van der Waals surface area contributed by atoms with Crippen molar-refractivity contribution in [1.29, 1.82) is 5.26 Å². The minimum atomic E-state index is -0.406. The van der Waals surface area contributed by atoms with Crippen LogP contribution in [0.4, 0.5) is 5.95 Å². The number of nitriles is 1. The van der Waals surface area contributed by atoms with Crippen LogP contribution in [0.2, 0.25) is 0 Å². The van der Waals surface area contributed by atoms with E-state index in [1.165, 1.54) is 11.3 Å². The molecular weight excluding hydrogens is 606 g/mol. The second-order valence-corrected chi connectivity index (χ2v) is 12.7. The van der Waals surface area contributed by atoms with Crippen LogP contribution in [-0.4, -0.2) is 73.1 Å². The molecule has 212 valence electrons. The number of fused-ring (bicyclic) bond motifs is 1. The van der Waals surface area contributed by atoms with Crippen molar-refractivity contribution in [3.8, 4) is 22.3 Å². The molecule has 1 aromatic carbocycles. The molecular formula is C28H30BrN9O2S. The molecule has 1 amide bonds. The Morgan fingerprint density at radius 2 is 2.15 bits per heavy atom. The number of hydrogen-bond donors (Lipinski definition) is 1. The van der Waals surface area contributed by atoms with Gasteiger partial charge in [0.05, 0.1) is 30.4 Å². The van der Waals surface area contributed by atoms with Crippen LogP contribution < -0.4 is 5.32 Å². The summed E-state index contributed by atoms with van der Waals surface area (Å²) in [5, 5.41) is 28.4. The number of carbonyl (C=O) groups is 1. The van der Waals surface area contributed by atoms with Crippen molar-refractivity contribution in [2.45, 2.75) is 52.0 Å². The van der Waals surface area contributed by atoms with Gasteiger partial charge in [-0.15, -0.1) is 10.2 Å². The van der Waals surface area contributed by atoms with Crippen molar-refractivity contribution < 1.29 is 9.53 Å². The molecule has 0 spiro atoms. The second kappa shape index (κ2) is 11.4. The topological polar surface area (TPSA) is 135 Å². The van der Waals surface area contributed by atoms with E-state index in [2.05, 4.69) is 49.4 Å². The van der Waals surface area contributed by atoms with Crippen LogP contribution in [0.25, 0.3) is 27.3 Å². The highest BCUT2D eigenvalue weighted by Gasteiger charge is 2.43. The van der Waals surface area contributed by atoms with Crippen molar-refractivity contribution in [3.05, 3.63) is 39.6 Å². The fourth-order valence-corrected chi connectivity index (χ4v) is 6.92. The molecule has 11 nitrogen and oxygen atoms in total. The maximum absolute atomic E-state index is 13.3. The van der Waals surface area contributed by atoms with Gasteiger partial charge in [-0.3, -0.25) is 4.79 Å². The summed E-state index contributed by atoms with van der Waals surface area (Å²) in [6.07, 6.45) is 5.15. The molecule has 4 heterocycles. The average Bonchev–Trinajstić information content (AvgIpc) is 3.69. The molecule has 6 rings (SSSR count). The van der Waals surface area contributed by atoms with Crippen molar-refractivity contribution in [3.63, 3.8) is 0 Å². The van der Waals surface area contributed by atoms with Crippen LogP contribution >= 0.6 is 27.3 Å². The summed E-state index contributed by atoms with van der Waals surface area (Å²) in [5.74, 6) is 0.715. The zero-order chi connectivity index (χ0) is 28.6. The Kier molecular flexibility index (Phi) is 7.72. The minimum Gasteiger partial charge on any atom is -0.378 e. The lowest BCUT2D eigenvalue weighted by molar-refractivity contribution is -0.145. The third-order valence-electron chi connectivity index (χ3n) is 7.86. The number of aromatic nitrogens is 6. The van der Waals surface area contributed by atoms with Crippen LogP contribution in [0.3, 0.4) is 0 Å². The molecule has 2 atom stereocenters. The van der Waals surface area contributed by atoms with Gasteiger partial charge in [-0.05, 0) is 72.3 Å². The molecule has 1 saturated heterocycles. The maximum Gasteiger partial charge on any atom is 0.228 e. The molecule has 13 heteroatoms. The number of rotatable bonds is 7. The SMILES string of the molecule is Cc1nnc(-c2ccc(-n3nc(Br)c4cnc(N[C@@H]5CC[C@@](C)(C(=O)N6CCOCC6)C5)nc43)cc2CCC#N)s1. The smallest absolute Gasteiger partial charge is 0.228 e. The van der Waals surface area contributed by atoms with Crippen LogP contribution in [0.5, 0.6) is 0 Å². The number of nitrogens with one attached hydrogen (secondary N) is 1. The molecule has 0 radical (unpaired) electrons. The Morgan fingerprint density at radius 1 is 1.32 bits per heavy atom. The highest BCUT2D eigenvalue weighted by molar-refractivity contribution is 9.10. The van der Waals surface area contributed by atoms with Crippen molar-refractivity contribution in [1.82, 2.24) is 34.8 Å². The number of morpholine rings is 1. The standard InChI is InChI=1S/C28H30BrN9O2S/c1-17-34-35-25(41-17)21-6-5-20(14-18(21)4-3-9-30)38-24-22(23(29)36-38)16-31-27(33-24)32-19-7-8-28(2,15-19)26(39)37-10-12-40-13-11-37/h5-6,14,16,19H,3-4,7-8,10-13,15H2,1-2H3,(H,31,32,33)/t19-,28-/m1/s1. The fourth-order valence-electron chi connectivity index (χ4n) is 5.73. The number of ether oxygens (including phenoxy) is 1. The van der Waals surface area contributed by atoms with E-state index in [9.17, 15) is 10.1 Å². The van der Waals surface area contributed by atoms with Crippen LogP contribution in [-0.2, 0) is 16.0 Å². The molecule has 41 heavy (non-hydrogen) atoms. The van der Waals surface area contributed by atoms with E-state index in [0.717, 1.165) is 51.5 Å². The molecule has 1 saturated carbocycles. The van der Waals surface area contributed by atoms with Gasteiger partial charge in [0, 0.05) is 42.7 Å². The third-order valence-corrected chi connectivity index (χ3v) is 9.32. The quantitative estimate of drug-likeness (QED) is 0.307. The zero-order valence-electron chi connectivity index (χ0n) is 22.9. The fraction of sp³-hybridized carbons (Fsp3) is 0.464. The highest BCUT2D eigenvalue weighted by Crippen LogP contribution is 2.41. The summed E-state index contributed by atoms with van der Waals surface area (Å²) >= 11 is 5.10. The minimum absolute atomic E-state index is 0.0921. The maximum atomic E-state index is 13.3. The summed E-state index contributed by atoms with van der Waals surface area (Å²) < 4.78 is 7.86. The number of anilines is 1. The molecule has 1 aliphatic carbocycles. The predicted molar refractivity (Wildman–Crippen MR) is 159 cm³/mol. The summed E-state index contributed by atoms with van der Waals surface area (Å²) in [7, 11) is 0. The van der Waals surface area contributed by atoms with E-state index in [1.807, 2.05) is 30.0 Å². The Morgan fingerprint density at radius 3 is 2.90 bits per heavy atom. The second-order valence-electron chi connectivity index (χ2n) is 10.8. The largest absolute Gasteiger partial charge is 0.378 e. The number of benzene rings is 1. The van der Waals surface area contributed by atoms with E-state index in [4.69, 9.17) is 14.8 Å². The lowest BCUT2D eigenvalue weighted by atomic mass is 9.86. The van der Waals surface area contributed by atoms with E-state index in [0.29, 0.717) is 55.3 Å². The van der Waals surface area contributed by atoms with Crippen molar-refractivity contribution in [2.75, 3.05) is 31.6 Å². The Balaban J connectivity index is 1.26. The first-order chi connectivity index (χ1) is 19.8. The Labute approximate surface area is 250 Å². The number of halogens is 1.